The Morgan fingerprint density at radius 3 is 2.56 bits per heavy atom. The minimum Gasteiger partial charge on any atom is -0.493 e. The summed E-state index contributed by atoms with van der Waals surface area (Å²) in [4.78, 5) is 12.1. The van der Waals surface area contributed by atoms with Gasteiger partial charge in [-0.05, 0) is 25.5 Å². The average molecular weight is 309 g/mol. The van der Waals surface area contributed by atoms with E-state index in [0.29, 0.717) is 22.9 Å². The first-order valence-corrected chi connectivity index (χ1v) is 6.47. The van der Waals surface area contributed by atoms with Crippen molar-refractivity contribution in [2.75, 3.05) is 12.4 Å². The molecule has 3 nitrogen and oxygen atoms in total. The minimum absolute atomic E-state index is 0.243. The van der Waals surface area contributed by atoms with Gasteiger partial charge in [0.1, 0.15) is 4.33 Å². The summed E-state index contributed by atoms with van der Waals surface area (Å²) in [6.45, 7) is 1.72. The fourth-order valence-corrected chi connectivity index (χ4v) is 2.68. The molecule has 1 unspecified atom stereocenters. The number of halogens is 3. The van der Waals surface area contributed by atoms with E-state index < -0.39 is 9.75 Å². The zero-order valence-corrected chi connectivity index (χ0v) is 12.2. The summed E-state index contributed by atoms with van der Waals surface area (Å²) >= 11 is 17.9. The molecule has 1 saturated carbocycles. The molecule has 18 heavy (non-hydrogen) atoms. The first-order valence-electron chi connectivity index (χ1n) is 5.33. The highest BCUT2D eigenvalue weighted by Crippen LogP contribution is 2.64. The van der Waals surface area contributed by atoms with E-state index in [2.05, 4.69) is 5.32 Å². The molecule has 0 radical (unpaired) electrons. The number of benzene rings is 1. The lowest BCUT2D eigenvalue weighted by Crippen LogP contribution is -2.26. The van der Waals surface area contributed by atoms with Crippen molar-refractivity contribution in [3.05, 3.63) is 23.2 Å². The number of hydrogen-bond donors (Lipinski definition) is 1. The van der Waals surface area contributed by atoms with Crippen molar-refractivity contribution in [2.45, 2.75) is 17.7 Å². The highest BCUT2D eigenvalue weighted by atomic mass is 35.5. The van der Waals surface area contributed by atoms with Gasteiger partial charge in [-0.25, -0.2) is 0 Å². The maximum Gasteiger partial charge on any atom is 0.233 e. The summed E-state index contributed by atoms with van der Waals surface area (Å²) in [6, 6.07) is 5.12. The smallest absolute Gasteiger partial charge is 0.233 e. The SMILES string of the molecule is COc1c(Cl)cccc1NC(=O)C1(C)CC1(Cl)Cl. The van der Waals surface area contributed by atoms with Gasteiger partial charge in [-0.1, -0.05) is 17.7 Å². The van der Waals surface area contributed by atoms with E-state index in [0.717, 1.165) is 0 Å². The summed E-state index contributed by atoms with van der Waals surface area (Å²) < 4.78 is 4.15. The van der Waals surface area contributed by atoms with E-state index in [1.807, 2.05) is 0 Å². The molecule has 6 heteroatoms. The Kier molecular flexibility index (Phi) is 3.43. The van der Waals surface area contributed by atoms with Crippen LogP contribution in [0.3, 0.4) is 0 Å². The molecule has 2 rings (SSSR count). The zero-order chi connectivity index (χ0) is 13.6. The van der Waals surface area contributed by atoms with E-state index in [9.17, 15) is 4.79 Å². The van der Waals surface area contributed by atoms with Crippen molar-refractivity contribution >= 4 is 46.4 Å². The van der Waals surface area contributed by atoms with E-state index in [-0.39, 0.29) is 5.91 Å². The Bertz CT molecular complexity index is 504. The van der Waals surface area contributed by atoms with Crippen LogP contribution < -0.4 is 10.1 Å². The van der Waals surface area contributed by atoms with Gasteiger partial charge in [0.15, 0.2) is 5.75 Å². The maximum atomic E-state index is 12.1. The molecule has 0 bridgehead atoms. The first kappa shape index (κ1) is 13.8. The molecule has 1 atom stereocenters. The van der Waals surface area contributed by atoms with Crippen LogP contribution in [0, 0.1) is 5.41 Å². The summed E-state index contributed by atoms with van der Waals surface area (Å²) in [6.07, 6.45) is 0.428. The van der Waals surface area contributed by atoms with Gasteiger partial charge in [0.2, 0.25) is 5.91 Å². The number of ether oxygens (including phenoxy) is 1. The summed E-state index contributed by atoms with van der Waals surface area (Å²) in [5, 5.41) is 3.17. The fraction of sp³-hybridized carbons (Fsp3) is 0.417. The highest BCUT2D eigenvalue weighted by molar-refractivity contribution is 6.53. The number of alkyl halides is 2. The molecule has 1 aliphatic carbocycles. The van der Waals surface area contributed by atoms with Gasteiger partial charge >= 0.3 is 0 Å². The number of methoxy groups -OCH3 is 1. The van der Waals surface area contributed by atoms with E-state index in [1.54, 1.807) is 25.1 Å². The molecular formula is C12H12Cl3NO2. The van der Waals surface area contributed by atoms with Crippen molar-refractivity contribution in [3.63, 3.8) is 0 Å². The van der Waals surface area contributed by atoms with E-state index in [4.69, 9.17) is 39.5 Å². The van der Waals surface area contributed by atoms with Crippen molar-refractivity contribution in [3.8, 4) is 5.75 Å². The van der Waals surface area contributed by atoms with Gasteiger partial charge in [0, 0.05) is 0 Å². The molecule has 0 heterocycles. The molecule has 0 aliphatic heterocycles. The molecule has 1 N–H and O–H groups in total. The van der Waals surface area contributed by atoms with Crippen LogP contribution >= 0.6 is 34.8 Å². The molecule has 1 fully saturated rings. The Morgan fingerprint density at radius 2 is 2.06 bits per heavy atom. The van der Waals surface area contributed by atoms with Crippen LogP contribution in [-0.4, -0.2) is 17.4 Å². The quantitative estimate of drug-likeness (QED) is 0.861. The number of carbonyl (C=O) groups excluding carboxylic acids is 1. The van der Waals surface area contributed by atoms with Crippen LogP contribution in [0.15, 0.2) is 18.2 Å². The van der Waals surface area contributed by atoms with Gasteiger partial charge in [-0.2, -0.15) is 0 Å². The lowest BCUT2D eigenvalue weighted by molar-refractivity contribution is -0.120. The standard InChI is InChI=1S/C12H12Cl3NO2/c1-11(6-12(11,14)15)10(17)16-8-5-3-4-7(13)9(8)18-2/h3-5H,6H2,1-2H3,(H,16,17). The van der Waals surface area contributed by atoms with Crippen LogP contribution in [-0.2, 0) is 4.79 Å². The number of carbonyl (C=O) groups is 1. The van der Waals surface area contributed by atoms with Crippen LogP contribution in [0.2, 0.25) is 5.02 Å². The highest BCUT2D eigenvalue weighted by Gasteiger charge is 2.67. The Hall–Kier alpha value is -0.640. The number of amides is 1. The molecule has 98 valence electrons. The van der Waals surface area contributed by atoms with Crippen molar-refractivity contribution in [2.24, 2.45) is 5.41 Å². The maximum absolute atomic E-state index is 12.1. The Morgan fingerprint density at radius 1 is 1.44 bits per heavy atom. The van der Waals surface area contributed by atoms with Crippen LogP contribution in [0.4, 0.5) is 5.69 Å². The van der Waals surface area contributed by atoms with Gasteiger partial charge in [0.05, 0.1) is 23.2 Å². The monoisotopic (exact) mass is 307 g/mol. The lowest BCUT2D eigenvalue weighted by atomic mass is 10.1. The third-order valence-corrected chi connectivity index (χ3v) is 4.58. The fourth-order valence-electron chi connectivity index (χ4n) is 1.72. The van der Waals surface area contributed by atoms with E-state index in [1.165, 1.54) is 7.11 Å². The third kappa shape index (κ3) is 2.15. The second-order valence-electron chi connectivity index (χ2n) is 4.49. The van der Waals surface area contributed by atoms with Crippen molar-refractivity contribution in [1.29, 1.82) is 0 Å². The van der Waals surface area contributed by atoms with Crippen LogP contribution in [0.1, 0.15) is 13.3 Å². The number of anilines is 1. The molecule has 0 aromatic heterocycles. The predicted octanol–water partition coefficient (Wildman–Crippen LogP) is 3.87. The largest absolute Gasteiger partial charge is 0.493 e. The Balaban J connectivity index is 2.21. The van der Waals surface area contributed by atoms with Gasteiger partial charge in [-0.3, -0.25) is 4.79 Å². The molecule has 1 amide bonds. The molecule has 0 spiro atoms. The van der Waals surface area contributed by atoms with Gasteiger partial charge in [-0.15, -0.1) is 23.2 Å². The summed E-state index contributed by atoms with van der Waals surface area (Å²) in [7, 11) is 1.49. The lowest BCUT2D eigenvalue weighted by Gasteiger charge is -2.15. The number of rotatable bonds is 3. The second kappa shape index (κ2) is 4.48. The molecule has 1 aromatic carbocycles. The minimum atomic E-state index is -0.997. The van der Waals surface area contributed by atoms with Gasteiger partial charge in [0.25, 0.3) is 0 Å². The summed E-state index contributed by atoms with van der Waals surface area (Å²) in [5.74, 6) is 0.180. The number of nitrogens with one attached hydrogen (secondary N) is 1. The molecule has 0 saturated heterocycles. The number of para-hydroxylation sites is 1. The topological polar surface area (TPSA) is 38.3 Å². The predicted molar refractivity (Wildman–Crippen MR) is 73.8 cm³/mol. The number of hydrogen-bond acceptors (Lipinski definition) is 2. The van der Waals surface area contributed by atoms with Crippen LogP contribution in [0.25, 0.3) is 0 Å². The molecule has 1 aliphatic rings. The normalized spacial score (nSPS) is 24.5. The Labute approximate surface area is 120 Å². The molecule has 1 aromatic rings. The summed E-state index contributed by atoms with van der Waals surface area (Å²) in [5.41, 5.74) is -0.268. The third-order valence-electron chi connectivity index (χ3n) is 3.18. The van der Waals surface area contributed by atoms with Crippen molar-refractivity contribution in [1.82, 2.24) is 0 Å². The molecular weight excluding hydrogens is 296 g/mol. The van der Waals surface area contributed by atoms with Crippen molar-refractivity contribution < 1.29 is 9.53 Å². The second-order valence-corrected chi connectivity index (χ2v) is 6.38. The first-order chi connectivity index (χ1) is 8.32. The van der Waals surface area contributed by atoms with Crippen LogP contribution in [0.5, 0.6) is 5.75 Å². The average Bonchev–Trinajstić information content (AvgIpc) is 2.80. The van der Waals surface area contributed by atoms with Gasteiger partial charge < -0.3 is 10.1 Å². The zero-order valence-electron chi connectivity index (χ0n) is 9.89. The van der Waals surface area contributed by atoms with E-state index >= 15 is 0 Å².